The summed E-state index contributed by atoms with van der Waals surface area (Å²) in [5, 5.41) is 12.2. The number of hydrogen-bond donors (Lipinski definition) is 1. The lowest BCUT2D eigenvalue weighted by Gasteiger charge is -2.12. The maximum atomic E-state index is 12.4. The molecule has 0 aliphatic carbocycles. The number of nitrogens with zero attached hydrogens (tertiary/aromatic N) is 3. The van der Waals surface area contributed by atoms with Gasteiger partial charge in [-0.3, -0.25) is 4.72 Å². The van der Waals surface area contributed by atoms with Gasteiger partial charge in [0.25, 0.3) is 15.1 Å². The molecule has 0 unspecified atom stereocenters. The van der Waals surface area contributed by atoms with Gasteiger partial charge in [-0.2, -0.15) is 8.42 Å². The largest absolute Gasteiger partial charge is 0.342 e. The molecule has 0 bridgehead atoms. The highest BCUT2D eigenvalue weighted by Crippen LogP contribution is 2.24. The first-order valence-corrected chi connectivity index (χ1v) is 8.46. The molecule has 0 fully saturated rings. The summed E-state index contributed by atoms with van der Waals surface area (Å²) in [4.78, 5) is 0. The monoisotopic (exact) mass is 332 g/mol. The van der Waals surface area contributed by atoms with E-state index in [4.69, 9.17) is 4.52 Å². The molecule has 0 saturated carbocycles. The fourth-order valence-electron chi connectivity index (χ4n) is 1.96. The van der Waals surface area contributed by atoms with Crippen molar-refractivity contribution in [1.82, 2.24) is 15.4 Å². The summed E-state index contributed by atoms with van der Waals surface area (Å²) in [5.41, 5.74) is 0.938. The van der Waals surface area contributed by atoms with Crippen molar-refractivity contribution < 1.29 is 12.9 Å². The zero-order chi connectivity index (χ0) is 16.7. The summed E-state index contributed by atoms with van der Waals surface area (Å²) < 4.78 is 32.1. The summed E-state index contributed by atoms with van der Waals surface area (Å²) in [6, 6.07) is 10.3. The maximum Gasteiger partial charge on any atom is 0.299 e. The van der Waals surface area contributed by atoms with Crippen LogP contribution in [-0.4, -0.2) is 23.8 Å². The van der Waals surface area contributed by atoms with Crippen LogP contribution in [0.1, 0.15) is 26.5 Å². The quantitative estimate of drug-likeness (QED) is 0.792. The van der Waals surface area contributed by atoms with E-state index in [0.717, 1.165) is 5.39 Å². The summed E-state index contributed by atoms with van der Waals surface area (Å²) in [6.07, 6.45) is 0. The minimum Gasteiger partial charge on any atom is -0.342 e. The van der Waals surface area contributed by atoms with Gasteiger partial charge in [0.05, 0.1) is 11.2 Å². The van der Waals surface area contributed by atoms with Crippen LogP contribution in [0.5, 0.6) is 0 Å². The summed E-state index contributed by atoms with van der Waals surface area (Å²) in [7, 11) is -3.90. The van der Waals surface area contributed by atoms with Crippen LogP contribution < -0.4 is 4.72 Å². The van der Waals surface area contributed by atoms with Crippen molar-refractivity contribution in [2.45, 2.75) is 31.3 Å². The van der Waals surface area contributed by atoms with Crippen molar-refractivity contribution in [3.8, 4) is 0 Å². The van der Waals surface area contributed by atoms with E-state index in [-0.39, 0.29) is 16.3 Å². The molecule has 0 saturated heterocycles. The Morgan fingerprint density at radius 3 is 2.52 bits per heavy atom. The normalized spacial score (nSPS) is 12.5. The van der Waals surface area contributed by atoms with E-state index in [1.165, 1.54) is 6.07 Å². The lowest BCUT2D eigenvalue weighted by atomic mass is 9.93. The van der Waals surface area contributed by atoms with Gasteiger partial charge < -0.3 is 4.52 Å². The molecule has 7 nitrogen and oxygen atoms in total. The van der Waals surface area contributed by atoms with Crippen molar-refractivity contribution in [3.05, 3.63) is 42.1 Å². The van der Waals surface area contributed by atoms with Gasteiger partial charge in [-0.1, -0.05) is 44.1 Å². The van der Waals surface area contributed by atoms with Crippen molar-refractivity contribution in [2.24, 2.45) is 0 Å². The Kier molecular flexibility index (Phi) is 3.56. The SMILES string of the molecule is CC(C)(C)c1cc(S(=O)(=O)Nc2cc3ccccc3nn2)on1. The van der Waals surface area contributed by atoms with Crippen molar-refractivity contribution >= 4 is 26.7 Å². The van der Waals surface area contributed by atoms with E-state index in [9.17, 15) is 8.42 Å². The highest BCUT2D eigenvalue weighted by atomic mass is 32.2. The van der Waals surface area contributed by atoms with Gasteiger partial charge >= 0.3 is 0 Å². The van der Waals surface area contributed by atoms with Crippen LogP contribution in [-0.2, 0) is 15.4 Å². The molecule has 1 N–H and O–H groups in total. The van der Waals surface area contributed by atoms with Crippen LogP contribution in [0.2, 0.25) is 0 Å². The number of anilines is 1. The standard InChI is InChI=1S/C15H16N4O3S/c1-15(2,3)12-9-14(22-18-12)23(20,21)19-13-8-10-6-4-5-7-11(10)16-17-13/h4-9H,1-3H3,(H,17,19). The first-order chi connectivity index (χ1) is 10.8. The van der Waals surface area contributed by atoms with Gasteiger partial charge in [-0.15, -0.1) is 10.2 Å². The fourth-order valence-corrected chi connectivity index (χ4v) is 2.84. The molecule has 0 spiro atoms. The van der Waals surface area contributed by atoms with Crippen LogP contribution in [0.4, 0.5) is 5.82 Å². The van der Waals surface area contributed by atoms with E-state index < -0.39 is 10.0 Å². The summed E-state index contributed by atoms with van der Waals surface area (Å²) >= 11 is 0. The minimum atomic E-state index is -3.90. The molecule has 3 rings (SSSR count). The highest BCUT2D eigenvalue weighted by molar-refractivity contribution is 7.92. The van der Waals surface area contributed by atoms with E-state index in [2.05, 4.69) is 20.1 Å². The van der Waals surface area contributed by atoms with Crippen LogP contribution >= 0.6 is 0 Å². The van der Waals surface area contributed by atoms with Crippen LogP contribution in [0.25, 0.3) is 10.9 Å². The molecule has 0 aliphatic rings. The molecule has 0 amide bonds. The zero-order valence-electron chi connectivity index (χ0n) is 12.9. The fraction of sp³-hybridized carbons (Fsp3) is 0.267. The molecule has 0 aliphatic heterocycles. The van der Waals surface area contributed by atoms with Crippen LogP contribution in [0.15, 0.2) is 46.0 Å². The third-order valence-corrected chi connectivity index (χ3v) is 4.46. The second-order valence-corrected chi connectivity index (χ2v) is 7.79. The Bertz CT molecular complexity index is 958. The van der Waals surface area contributed by atoms with Crippen molar-refractivity contribution in [3.63, 3.8) is 0 Å². The third kappa shape index (κ3) is 3.16. The highest BCUT2D eigenvalue weighted by Gasteiger charge is 2.26. The Morgan fingerprint density at radius 1 is 1.09 bits per heavy atom. The maximum absolute atomic E-state index is 12.4. The van der Waals surface area contributed by atoms with Crippen molar-refractivity contribution in [1.29, 1.82) is 0 Å². The third-order valence-electron chi connectivity index (χ3n) is 3.26. The molecule has 2 aromatic heterocycles. The molecule has 3 aromatic rings. The molecule has 120 valence electrons. The number of aromatic nitrogens is 3. The molecule has 0 radical (unpaired) electrons. The van der Waals surface area contributed by atoms with E-state index in [1.807, 2.05) is 39.0 Å². The molecular weight excluding hydrogens is 316 g/mol. The number of hydrogen-bond acceptors (Lipinski definition) is 6. The molecule has 2 heterocycles. The van der Waals surface area contributed by atoms with Crippen LogP contribution in [0.3, 0.4) is 0 Å². The smallest absolute Gasteiger partial charge is 0.299 e. The van der Waals surface area contributed by atoms with Gasteiger partial charge in [-0.25, -0.2) is 0 Å². The minimum absolute atomic E-state index is 0.123. The number of fused-ring (bicyclic) bond motifs is 1. The predicted molar refractivity (Wildman–Crippen MR) is 85.5 cm³/mol. The Morgan fingerprint density at radius 2 is 1.83 bits per heavy atom. The number of rotatable bonds is 3. The Balaban J connectivity index is 1.92. The molecule has 0 atom stereocenters. The number of sulfonamides is 1. The Labute approximate surface area is 133 Å². The predicted octanol–water partition coefficient (Wildman–Crippen LogP) is 2.72. The Hall–Kier alpha value is -2.48. The van der Waals surface area contributed by atoms with Gasteiger partial charge in [0.15, 0.2) is 5.82 Å². The van der Waals surface area contributed by atoms with Gasteiger partial charge in [0.1, 0.15) is 0 Å². The molecular formula is C15H16N4O3S. The van der Waals surface area contributed by atoms with Gasteiger partial charge in [0, 0.05) is 16.9 Å². The molecule has 1 aromatic carbocycles. The lowest BCUT2D eigenvalue weighted by molar-refractivity contribution is 0.327. The molecule has 23 heavy (non-hydrogen) atoms. The first kappa shape index (κ1) is 15.4. The zero-order valence-corrected chi connectivity index (χ0v) is 13.8. The van der Waals surface area contributed by atoms with E-state index >= 15 is 0 Å². The lowest BCUT2D eigenvalue weighted by Crippen LogP contribution is -2.14. The number of nitrogens with one attached hydrogen (secondary N) is 1. The average molecular weight is 332 g/mol. The number of benzene rings is 1. The van der Waals surface area contributed by atoms with E-state index in [0.29, 0.717) is 11.2 Å². The second-order valence-electron chi connectivity index (χ2n) is 6.18. The summed E-state index contributed by atoms with van der Waals surface area (Å²) in [5.74, 6) is 0.123. The first-order valence-electron chi connectivity index (χ1n) is 6.98. The topological polar surface area (TPSA) is 98.0 Å². The van der Waals surface area contributed by atoms with Crippen LogP contribution in [0, 0.1) is 0 Å². The molecule has 8 heteroatoms. The summed E-state index contributed by atoms with van der Waals surface area (Å²) in [6.45, 7) is 5.76. The van der Waals surface area contributed by atoms with Gasteiger partial charge in [0.2, 0.25) is 0 Å². The average Bonchev–Trinajstić information content (AvgIpc) is 2.97. The van der Waals surface area contributed by atoms with Crippen molar-refractivity contribution in [2.75, 3.05) is 4.72 Å². The second kappa shape index (κ2) is 5.31. The van der Waals surface area contributed by atoms with Gasteiger partial charge in [-0.05, 0) is 12.1 Å². The van der Waals surface area contributed by atoms with E-state index in [1.54, 1.807) is 12.1 Å².